The van der Waals surface area contributed by atoms with Gasteiger partial charge in [-0.1, -0.05) is 0 Å². The number of halogens is 1. The van der Waals surface area contributed by atoms with E-state index in [-0.39, 0.29) is 30.1 Å². The maximum Gasteiger partial charge on any atom is 0.203 e. The van der Waals surface area contributed by atoms with Crippen molar-refractivity contribution in [1.82, 2.24) is 5.32 Å². The number of aliphatic imine (C=N–C) groups is 1. The molecule has 176 valence electrons. The molecule has 8 heteroatoms. The van der Waals surface area contributed by atoms with Crippen LogP contribution in [-0.4, -0.2) is 39.9 Å². The van der Waals surface area contributed by atoms with E-state index in [1.807, 2.05) is 50.2 Å². The van der Waals surface area contributed by atoms with Crippen molar-refractivity contribution in [2.24, 2.45) is 10.9 Å². The molecule has 2 aromatic rings. The smallest absolute Gasteiger partial charge is 0.203 e. The number of anilines is 1. The van der Waals surface area contributed by atoms with Crippen LogP contribution in [0.4, 0.5) is 5.69 Å². The average Bonchev–Trinajstić information content (AvgIpc) is 3.60. The first kappa shape index (κ1) is 25.9. The number of ether oxygens (including phenoxy) is 4. The number of benzene rings is 2. The predicted molar refractivity (Wildman–Crippen MR) is 139 cm³/mol. The van der Waals surface area contributed by atoms with Gasteiger partial charge in [0.2, 0.25) is 5.75 Å². The summed E-state index contributed by atoms with van der Waals surface area (Å²) >= 11 is 0. The molecule has 0 amide bonds. The Balaban J connectivity index is 0.00000363. The van der Waals surface area contributed by atoms with E-state index in [1.54, 1.807) is 21.3 Å². The molecule has 1 aliphatic rings. The van der Waals surface area contributed by atoms with Gasteiger partial charge in [0.05, 0.1) is 34.0 Å². The van der Waals surface area contributed by atoms with Crippen molar-refractivity contribution in [3.05, 3.63) is 42.0 Å². The van der Waals surface area contributed by atoms with Crippen LogP contribution in [0.5, 0.6) is 23.0 Å². The summed E-state index contributed by atoms with van der Waals surface area (Å²) < 4.78 is 22.0. The van der Waals surface area contributed by atoms with Crippen LogP contribution >= 0.6 is 24.0 Å². The van der Waals surface area contributed by atoms with Crippen LogP contribution in [0.15, 0.2) is 41.4 Å². The molecule has 0 saturated heterocycles. The van der Waals surface area contributed by atoms with E-state index in [0.717, 1.165) is 35.4 Å². The lowest BCUT2D eigenvalue weighted by molar-refractivity contribution is 0.242. The largest absolute Gasteiger partial charge is 0.493 e. The molecule has 0 heterocycles. The van der Waals surface area contributed by atoms with E-state index < -0.39 is 0 Å². The van der Waals surface area contributed by atoms with E-state index in [1.165, 1.54) is 12.8 Å². The van der Waals surface area contributed by atoms with Gasteiger partial charge in [0.1, 0.15) is 5.75 Å². The van der Waals surface area contributed by atoms with Crippen molar-refractivity contribution >= 4 is 35.6 Å². The Hall–Kier alpha value is -2.36. The Kier molecular flexibility index (Phi) is 10.2. The zero-order chi connectivity index (χ0) is 22.2. The van der Waals surface area contributed by atoms with E-state index in [4.69, 9.17) is 23.9 Å². The average molecular weight is 555 g/mol. The zero-order valence-corrected chi connectivity index (χ0v) is 21.8. The fraction of sp³-hybridized carbons (Fsp3) is 0.458. The predicted octanol–water partition coefficient (Wildman–Crippen LogP) is 5.09. The molecule has 0 radical (unpaired) electrons. The molecule has 1 aliphatic carbocycles. The number of hydrogen-bond acceptors (Lipinski definition) is 5. The van der Waals surface area contributed by atoms with Crippen LogP contribution < -0.4 is 29.6 Å². The van der Waals surface area contributed by atoms with Crippen molar-refractivity contribution < 1.29 is 18.9 Å². The summed E-state index contributed by atoms with van der Waals surface area (Å²) in [5, 5.41) is 6.84. The Morgan fingerprint density at radius 3 is 2.12 bits per heavy atom. The highest BCUT2D eigenvalue weighted by atomic mass is 127. The van der Waals surface area contributed by atoms with Gasteiger partial charge in [-0.25, -0.2) is 4.99 Å². The minimum Gasteiger partial charge on any atom is -0.493 e. The number of hydrogen-bond donors (Lipinski definition) is 2. The van der Waals surface area contributed by atoms with Gasteiger partial charge in [0.25, 0.3) is 0 Å². The first-order chi connectivity index (χ1) is 15.0. The molecule has 3 rings (SSSR count). The molecule has 2 N–H and O–H groups in total. The van der Waals surface area contributed by atoms with Crippen molar-refractivity contribution in [3.63, 3.8) is 0 Å². The third-order valence-corrected chi connectivity index (χ3v) is 4.89. The molecule has 0 aliphatic heterocycles. The fourth-order valence-corrected chi connectivity index (χ4v) is 3.13. The van der Waals surface area contributed by atoms with Crippen molar-refractivity contribution in [3.8, 4) is 23.0 Å². The van der Waals surface area contributed by atoms with Gasteiger partial charge in [-0.05, 0) is 74.6 Å². The highest BCUT2D eigenvalue weighted by molar-refractivity contribution is 14.0. The molecule has 0 aromatic heterocycles. The minimum atomic E-state index is 0. The lowest BCUT2D eigenvalue weighted by Gasteiger charge is -2.15. The molecule has 1 fully saturated rings. The molecule has 0 bridgehead atoms. The molecular weight excluding hydrogens is 521 g/mol. The highest BCUT2D eigenvalue weighted by Gasteiger charge is 2.21. The number of methoxy groups -OCH3 is 3. The Bertz CT molecular complexity index is 858. The van der Waals surface area contributed by atoms with E-state index in [0.29, 0.717) is 23.8 Å². The second kappa shape index (κ2) is 12.6. The van der Waals surface area contributed by atoms with Crippen molar-refractivity contribution in [1.29, 1.82) is 0 Å². The summed E-state index contributed by atoms with van der Waals surface area (Å²) in [6, 6.07) is 11.7. The second-order valence-corrected chi connectivity index (χ2v) is 7.84. The standard InChI is InChI=1S/C24H33N3O4.HI/c1-16(2)31-20-10-8-19(9-11-20)27-24(25-14-17-6-7-17)26-15-18-12-21(28-3)23(30-5)22(13-18)29-4;/h8-13,16-17H,6-7,14-15H2,1-5H3,(H2,25,26,27);1H. The quantitative estimate of drug-likeness (QED) is 0.242. The zero-order valence-electron chi connectivity index (χ0n) is 19.4. The van der Waals surface area contributed by atoms with Crippen LogP contribution in [0.2, 0.25) is 0 Å². The Labute approximate surface area is 207 Å². The van der Waals surface area contributed by atoms with E-state index in [9.17, 15) is 0 Å². The molecule has 32 heavy (non-hydrogen) atoms. The first-order valence-corrected chi connectivity index (χ1v) is 10.6. The number of guanidine groups is 1. The van der Waals surface area contributed by atoms with Gasteiger partial charge in [-0.15, -0.1) is 24.0 Å². The highest BCUT2D eigenvalue weighted by Crippen LogP contribution is 2.38. The van der Waals surface area contributed by atoms with E-state index in [2.05, 4.69) is 10.6 Å². The van der Waals surface area contributed by atoms with Gasteiger partial charge >= 0.3 is 0 Å². The Morgan fingerprint density at radius 2 is 1.62 bits per heavy atom. The maximum atomic E-state index is 5.72. The molecule has 0 unspecified atom stereocenters. The van der Waals surface area contributed by atoms with Gasteiger partial charge in [-0.3, -0.25) is 0 Å². The lowest BCUT2D eigenvalue weighted by atomic mass is 10.2. The lowest BCUT2D eigenvalue weighted by Crippen LogP contribution is -2.32. The van der Waals surface area contributed by atoms with Crippen LogP contribution in [0.1, 0.15) is 32.3 Å². The van der Waals surface area contributed by atoms with Gasteiger partial charge in [0, 0.05) is 12.2 Å². The third kappa shape index (κ3) is 7.65. The minimum absolute atomic E-state index is 0. The summed E-state index contributed by atoms with van der Waals surface area (Å²) in [5.41, 5.74) is 1.91. The van der Waals surface area contributed by atoms with Crippen LogP contribution in [0.3, 0.4) is 0 Å². The Morgan fingerprint density at radius 1 is 1.00 bits per heavy atom. The number of nitrogens with zero attached hydrogens (tertiary/aromatic N) is 1. The summed E-state index contributed by atoms with van der Waals surface area (Å²) in [4.78, 5) is 4.78. The van der Waals surface area contributed by atoms with Crippen LogP contribution in [0.25, 0.3) is 0 Å². The van der Waals surface area contributed by atoms with Gasteiger partial charge < -0.3 is 29.6 Å². The monoisotopic (exact) mass is 555 g/mol. The van der Waals surface area contributed by atoms with Gasteiger partial charge in [0.15, 0.2) is 17.5 Å². The topological polar surface area (TPSA) is 73.3 Å². The normalized spacial score (nSPS) is 13.2. The van der Waals surface area contributed by atoms with Crippen LogP contribution in [0, 0.1) is 5.92 Å². The molecule has 2 aromatic carbocycles. The molecule has 7 nitrogen and oxygen atoms in total. The van der Waals surface area contributed by atoms with Crippen molar-refractivity contribution in [2.45, 2.75) is 39.3 Å². The summed E-state index contributed by atoms with van der Waals surface area (Å²) in [7, 11) is 4.82. The fourth-order valence-electron chi connectivity index (χ4n) is 3.13. The van der Waals surface area contributed by atoms with Crippen molar-refractivity contribution in [2.75, 3.05) is 33.2 Å². The second-order valence-electron chi connectivity index (χ2n) is 7.84. The molecule has 0 spiro atoms. The molecule has 0 atom stereocenters. The summed E-state index contributed by atoms with van der Waals surface area (Å²) in [5.74, 6) is 4.13. The number of nitrogens with one attached hydrogen (secondary N) is 2. The third-order valence-electron chi connectivity index (χ3n) is 4.89. The first-order valence-electron chi connectivity index (χ1n) is 10.6. The summed E-state index contributed by atoms with van der Waals surface area (Å²) in [6.07, 6.45) is 2.69. The molecular formula is C24H34IN3O4. The van der Waals surface area contributed by atoms with Crippen LogP contribution in [-0.2, 0) is 6.54 Å². The maximum absolute atomic E-state index is 5.72. The number of rotatable bonds is 10. The van der Waals surface area contributed by atoms with E-state index >= 15 is 0 Å². The molecule has 1 saturated carbocycles. The summed E-state index contributed by atoms with van der Waals surface area (Å²) in [6.45, 7) is 5.41. The SMILES string of the molecule is COc1cc(CN=C(NCC2CC2)Nc2ccc(OC(C)C)cc2)cc(OC)c1OC.I. The van der Waals surface area contributed by atoms with Gasteiger partial charge in [-0.2, -0.15) is 0 Å².